The molecule has 0 saturated carbocycles. The first-order chi connectivity index (χ1) is 21.5. The van der Waals surface area contributed by atoms with Crippen LogP contribution in [0.5, 0.6) is 5.75 Å². The van der Waals surface area contributed by atoms with Crippen LogP contribution < -0.4 is 21.0 Å². The van der Waals surface area contributed by atoms with Crippen molar-refractivity contribution in [2.24, 2.45) is 5.92 Å². The van der Waals surface area contributed by atoms with Crippen molar-refractivity contribution in [3.63, 3.8) is 0 Å². The Morgan fingerprint density at radius 3 is 2.36 bits per heavy atom. The average Bonchev–Trinajstić information content (AvgIpc) is 3.46. The topological polar surface area (TPSA) is 142 Å². The monoisotopic (exact) mass is 600 g/mol. The van der Waals surface area contributed by atoms with Gasteiger partial charge in [0.2, 0.25) is 11.8 Å². The molecule has 0 bridgehead atoms. The van der Waals surface area contributed by atoms with Gasteiger partial charge in [0, 0.05) is 35.9 Å². The summed E-state index contributed by atoms with van der Waals surface area (Å²) < 4.78 is 5.21. The van der Waals surface area contributed by atoms with Crippen LogP contribution in [0.25, 0.3) is 10.9 Å². The molecule has 1 heterocycles. The summed E-state index contributed by atoms with van der Waals surface area (Å²) in [7, 11) is 1.63. The van der Waals surface area contributed by atoms with Gasteiger partial charge in [-0.3, -0.25) is 24.4 Å². The molecule has 0 aliphatic rings. The fraction of sp³-hybridized carbons (Fsp3) is 0.324. The lowest BCUT2D eigenvalue weighted by Gasteiger charge is -2.22. The SMILES string of the molecule is COc1ccc(CCCCC[C@@H](CC(=O)NO)C(=O)N[C@H](Cc2c[nH]c3ccccc23)C(=O)NOCc2ccccc2)cc1. The third-order valence-corrected chi connectivity index (χ3v) is 7.59. The Hall–Kier alpha value is -4.67. The largest absolute Gasteiger partial charge is 0.497 e. The summed E-state index contributed by atoms with van der Waals surface area (Å²) in [6.45, 7) is 0.163. The standard InChI is InChI=1S/C34H40N4O6/c1-43-28-18-16-24(17-19-28)10-4-3-7-13-26(21-32(39)37-42)33(40)36-31(20-27-22-35-30-15-9-8-14-29(27)30)34(41)38-44-23-25-11-5-2-6-12-25/h2,5-6,8-9,11-12,14-19,22,26,31,35,42H,3-4,7,10,13,20-21,23H2,1H3,(H,36,40)(H,37,39)(H,38,41)/t26-,31+/m0/s1. The second kappa shape index (κ2) is 16.8. The smallest absolute Gasteiger partial charge is 0.266 e. The van der Waals surface area contributed by atoms with Crippen LogP contribution in [0.3, 0.4) is 0 Å². The first-order valence-corrected chi connectivity index (χ1v) is 14.8. The minimum Gasteiger partial charge on any atom is -0.497 e. The number of benzene rings is 3. The molecule has 4 rings (SSSR count). The average molecular weight is 601 g/mol. The van der Waals surface area contributed by atoms with Gasteiger partial charge in [-0.05, 0) is 54.2 Å². The van der Waals surface area contributed by atoms with Gasteiger partial charge in [-0.1, -0.05) is 73.5 Å². The summed E-state index contributed by atoms with van der Waals surface area (Å²) in [6, 6.07) is 24.1. The predicted octanol–water partition coefficient (Wildman–Crippen LogP) is 4.77. The first kappa shape index (κ1) is 32.2. The van der Waals surface area contributed by atoms with Crippen LogP contribution >= 0.6 is 0 Å². The molecule has 0 aliphatic heterocycles. The molecular formula is C34H40N4O6. The molecule has 0 spiro atoms. The highest BCUT2D eigenvalue weighted by atomic mass is 16.6. The third kappa shape index (κ3) is 9.68. The van der Waals surface area contributed by atoms with E-state index in [4.69, 9.17) is 14.8 Å². The van der Waals surface area contributed by atoms with Crippen molar-refractivity contribution < 1.29 is 29.2 Å². The van der Waals surface area contributed by atoms with Crippen LogP contribution in [-0.2, 0) is 38.7 Å². The summed E-state index contributed by atoms with van der Waals surface area (Å²) in [5, 5.41) is 12.9. The quantitative estimate of drug-likeness (QED) is 0.0672. The number of hydrogen-bond acceptors (Lipinski definition) is 6. The van der Waals surface area contributed by atoms with Crippen molar-refractivity contribution in [3.8, 4) is 5.75 Å². The number of H-pyrrole nitrogens is 1. The molecule has 5 N–H and O–H groups in total. The number of hydroxylamine groups is 2. The maximum atomic E-state index is 13.5. The summed E-state index contributed by atoms with van der Waals surface area (Å²) >= 11 is 0. The highest BCUT2D eigenvalue weighted by Gasteiger charge is 2.28. The fourth-order valence-corrected chi connectivity index (χ4v) is 5.14. The van der Waals surface area contributed by atoms with Crippen LogP contribution in [0.4, 0.5) is 0 Å². The molecule has 0 aliphatic carbocycles. The second-order valence-corrected chi connectivity index (χ2v) is 10.7. The first-order valence-electron chi connectivity index (χ1n) is 14.8. The molecule has 10 heteroatoms. The number of amides is 3. The molecule has 3 amide bonds. The molecule has 1 aromatic heterocycles. The number of nitrogens with one attached hydrogen (secondary N) is 4. The Morgan fingerprint density at radius 2 is 1.61 bits per heavy atom. The van der Waals surface area contributed by atoms with E-state index in [1.165, 1.54) is 5.56 Å². The molecule has 10 nitrogen and oxygen atoms in total. The Morgan fingerprint density at radius 1 is 0.864 bits per heavy atom. The number of aromatic nitrogens is 1. The minimum absolute atomic E-state index is 0.163. The Balaban J connectivity index is 1.39. The molecule has 0 unspecified atom stereocenters. The Kier molecular flexibility index (Phi) is 12.3. The van der Waals surface area contributed by atoms with E-state index < -0.39 is 29.7 Å². The van der Waals surface area contributed by atoms with Crippen molar-refractivity contribution in [2.45, 2.75) is 57.6 Å². The van der Waals surface area contributed by atoms with Crippen LogP contribution in [0.2, 0.25) is 0 Å². The normalized spacial score (nSPS) is 12.3. The van der Waals surface area contributed by atoms with Crippen LogP contribution in [0, 0.1) is 5.92 Å². The highest BCUT2D eigenvalue weighted by Crippen LogP contribution is 2.21. The lowest BCUT2D eigenvalue weighted by atomic mass is 9.94. The van der Waals surface area contributed by atoms with Crippen molar-refractivity contribution >= 4 is 28.6 Å². The molecule has 0 fully saturated rings. The summed E-state index contributed by atoms with van der Waals surface area (Å²) in [6.07, 6.45) is 5.60. The van der Waals surface area contributed by atoms with Crippen LogP contribution in [-0.4, -0.2) is 41.1 Å². The number of aromatic amines is 1. The van der Waals surface area contributed by atoms with Gasteiger partial charge in [-0.15, -0.1) is 0 Å². The lowest BCUT2D eigenvalue weighted by Crippen LogP contribution is -2.50. The van der Waals surface area contributed by atoms with Gasteiger partial charge in [-0.25, -0.2) is 11.0 Å². The Labute approximate surface area is 257 Å². The van der Waals surface area contributed by atoms with E-state index in [0.29, 0.717) is 12.8 Å². The number of aryl methyl sites for hydroxylation is 1. The molecule has 232 valence electrons. The van der Waals surface area contributed by atoms with Gasteiger partial charge in [0.15, 0.2) is 0 Å². The fourth-order valence-electron chi connectivity index (χ4n) is 5.14. The third-order valence-electron chi connectivity index (χ3n) is 7.59. The van der Waals surface area contributed by atoms with Crippen LogP contribution in [0.15, 0.2) is 85.1 Å². The van der Waals surface area contributed by atoms with Gasteiger partial charge in [0.25, 0.3) is 5.91 Å². The lowest BCUT2D eigenvalue weighted by molar-refractivity contribution is -0.140. The highest BCUT2D eigenvalue weighted by molar-refractivity contribution is 5.91. The molecule has 3 aromatic carbocycles. The molecule has 0 radical (unpaired) electrons. The number of ether oxygens (including phenoxy) is 1. The number of rotatable bonds is 17. The molecular weight excluding hydrogens is 560 g/mol. The summed E-state index contributed by atoms with van der Waals surface area (Å²) in [4.78, 5) is 47.6. The number of unbranched alkanes of at least 4 members (excludes halogenated alkanes) is 2. The summed E-state index contributed by atoms with van der Waals surface area (Å²) in [5.41, 5.74) is 7.95. The van der Waals surface area contributed by atoms with Crippen molar-refractivity contribution in [2.75, 3.05) is 7.11 Å². The zero-order valence-corrected chi connectivity index (χ0v) is 24.9. The zero-order valence-electron chi connectivity index (χ0n) is 24.9. The number of carbonyl (C=O) groups excluding carboxylic acids is 3. The van der Waals surface area contributed by atoms with E-state index in [-0.39, 0.29) is 19.4 Å². The number of fused-ring (bicyclic) bond motifs is 1. The van der Waals surface area contributed by atoms with E-state index in [0.717, 1.165) is 47.0 Å². The van der Waals surface area contributed by atoms with Crippen molar-refractivity contribution in [3.05, 3.63) is 102 Å². The van der Waals surface area contributed by atoms with Gasteiger partial charge in [0.05, 0.1) is 13.7 Å². The van der Waals surface area contributed by atoms with E-state index in [2.05, 4.69) is 15.8 Å². The predicted molar refractivity (Wildman–Crippen MR) is 167 cm³/mol. The van der Waals surface area contributed by atoms with Crippen molar-refractivity contribution in [1.82, 2.24) is 21.3 Å². The number of carbonyl (C=O) groups is 3. The zero-order chi connectivity index (χ0) is 31.1. The van der Waals surface area contributed by atoms with E-state index in [1.54, 1.807) is 12.6 Å². The number of hydrogen-bond donors (Lipinski definition) is 5. The minimum atomic E-state index is -0.966. The van der Waals surface area contributed by atoms with E-state index >= 15 is 0 Å². The van der Waals surface area contributed by atoms with Gasteiger partial charge in [-0.2, -0.15) is 0 Å². The molecule has 44 heavy (non-hydrogen) atoms. The molecule has 0 saturated heterocycles. The number of methoxy groups -OCH3 is 1. The van der Waals surface area contributed by atoms with Crippen LogP contribution in [0.1, 0.15) is 48.8 Å². The number of para-hydroxylation sites is 1. The van der Waals surface area contributed by atoms with Gasteiger partial charge >= 0.3 is 0 Å². The maximum absolute atomic E-state index is 13.5. The van der Waals surface area contributed by atoms with Gasteiger partial charge < -0.3 is 15.0 Å². The maximum Gasteiger partial charge on any atom is 0.266 e. The van der Waals surface area contributed by atoms with E-state index in [1.807, 2.05) is 85.1 Å². The molecule has 2 atom stereocenters. The Bertz CT molecular complexity index is 1490. The summed E-state index contributed by atoms with van der Waals surface area (Å²) in [5.74, 6) is -1.53. The molecule has 4 aromatic rings. The van der Waals surface area contributed by atoms with E-state index in [9.17, 15) is 14.4 Å². The van der Waals surface area contributed by atoms with Crippen molar-refractivity contribution in [1.29, 1.82) is 0 Å². The second-order valence-electron chi connectivity index (χ2n) is 10.7. The van der Waals surface area contributed by atoms with Gasteiger partial charge in [0.1, 0.15) is 11.8 Å².